The molecule has 15 heavy (non-hydrogen) atoms. The summed E-state index contributed by atoms with van der Waals surface area (Å²) in [4.78, 5) is 0. The maximum absolute atomic E-state index is 5.87. The molecule has 0 atom stereocenters. The van der Waals surface area contributed by atoms with Gasteiger partial charge in [0.25, 0.3) is 0 Å². The molecular weight excluding hydrogens is 210 g/mol. The summed E-state index contributed by atoms with van der Waals surface area (Å²) in [6, 6.07) is 0. The van der Waals surface area contributed by atoms with Gasteiger partial charge in [0.2, 0.25) is 0 Å². The molecule has 0 bridgehead atoms. The first kappa shape index (κ1) is 12.2. The summed E-state index contributed by atoms with van der Waals surface area (Å²) < 4.78 is 0. The molecule has 0 aliphatic heterocycles. The molecular formula is C11H18ClN3. The Kier molecular flexibility index (Phi) is 4.82. The third kappa shape index (κ3) is 3.34. The molecule has 0 aliphatic carbocycles. The van der Waals surface area contributed by atoms with E-state index in [1.807, 2.05) is 13.8 Å². The van der Waals surface area contributed by atoms with Crippen LogP contribution >= 0.6 is 11.6 Å². The average Bonchev–Trinajstić information content (AvgIpc) is 2.24. The Morgan fingerprint density at radius 3 is 2.53 bits per heavy atom. The van der Waals surface area contributed by atoms with Gasteiger partial charge in [0, 0.05) is 6.54 Å². The Balaban J connectivity index is 2.58. The lowest BCUT2D eigenvalue weighted by Crippen LogP contribution is -2.07. The highest BCUT2D eigenvalue weighted by atomic mass is 35.5. The maximum atomic E-state index is 5.87. The predicted molar refractivity (Wildman–Crippen MR) is 64.5 cm³/mol. The molecule has 84 valence electrons. The number of unbranched alkanes of at least 4 members (excludes halogenated alkanes) is 2. The molecule has 4 heteroatoms. The summed E-state index contributed by atoms with van der Waals surface area (Å²) in [5, 5.41) is 11.7. The fourth-order valence-electron chi connectivity index (χ4n) is 1.33. The van der Waals surface area contributed by atoms with Crippen molar-refractivity contribution in [3.8, 4) is 0 Å². The molecule has 0 aliphatic rings. The quantitative estimate of drug-likeness (QED) is 0.784. The molecule has 1 heterocycles. The first-order valence-corrected chi connectivity index (χ1v) is 5.77. The van der Waals surface area contributed by atoms with E-state index >= 15 is 0 Å². The summed E-state index contributed by atoms with van der Waals surface area (Å²) in [5.74, 6) is 0.855. The van der Waals surface area contributed by atoms with Crippen LogP contribution < -0.4 is 5.32 Å². The number of aromatic nitrogens is 2. The lowest BCUT2D eigenvalue weighted by atomic mass is 10.2. The molecule has 0 spiro atoms. The van der Waals surface area contributed by atoms with E-state index in [1.54, 1.807) is 0 Å². The molecule has 1 N–H and O–H groups in total. The van der Waals surface area contributed by atoms with Gasteiger partial charge in [-0.15, -0.1) is 10.2 Å². The van der Waals surface area contributed by atoms with E-state index in [1.165, 1.54) is 19.3 Å². The number of hydrogen-bond donors (Lipinski definition) is 1. The van der Waals surface area contributed by atoms with Crippen LogP contribution in [0, 0.1) is 13.8 Å². The normalized spacial score (nSPS) is 10.4. The van der Waals surface area contributed by atoms with Gasteiger partial charge in [-0.1, -0.05) is 31.4 Å². The zero-order chi connectivity index (χ0) is 11.3. The summed E-state index contributed by atoms with van der Waals surface area (Å²) in [5.41, 5.74) is 2.09. The number of rotatable bonds is 5. The van der Waals surface area contributed by atoms with Gasteiger partial charge in [0.15, 0.2) is 11.0 Å². The number of hydrogen-bond acceptors (Lipinski definition) is 3. The molecule has 0 aromatic carbocycles. The van der Waals surface area contributed by atoms with Gasteiger partial charge < -0.3 is 5.32 Å². The van der Waals surface area contributed by atoms with Crippen LogP contribution in [0.2, 0.25) is 5.15 Å². The standard InChI is InChI=1S/C11H18ClN3/c1-4-5-6-7-13-11-9(3)8(2)10(12)14-15-11/h4-7H2,1-3H3,(H,13,15). The Labute approximate surface area is 96.2 Å². The van der Waals surface area contributed by atoms with Gasteiger partial charge in [-0.2, -0.15) is 0 Å². The lowest BCUT2D eigenvalue weighted by Gasteiger charge is -2.09. The van der Waals surface area contributed by atoms with Crippen LogP contribution in [0.3, 0.4) is 0 Å². The van der Waals surface area contributed by atoms with Crippen LogP contribution in [-0.4, -0.2) is 16.7 Å². The van der Waals surface area contributed by atoms with E-state index < -0.39 is 0 Å². The van der Waals surface area contributed by atoms with Gasteiger partial charge in [-0.3, -0.25) is 0 Å². The topological polar surface area (TPSA) is 37.8 Å². The first-order valence-electron chi connectivity index (χ1n) is 5.40. The maximum Gasteiger partial charge on any atom is 0.155 e. The first-order chi connectivity index (χ1) is 7.16. The van der Waals surface area contributed by atoms with Crippen LogP contribution in [0.5, 0.6) is 0 Å². The van der Waals surface area contributed by atoms with E-state index in [2.05, 4.69) is 22.4 Å². The van der Waals surface area contributed by atoms with E-state index in [0.717, 1.165) is 23.5 Å². The number of nitrogens with one attached hydrogen (secondary N) is 1. The summed E-state index contributed by atoms with van der Waals surface area (Å²) in [6.45, 7) is 7.11. The zero-order valence-corrected chi connectivity index (χ0v) is 10.4. The van der Waals surface area contributed by atoms with Crippen molar-refractivity contribution in [3.63, 3.8) is 0 Å². The van der Waals surface area contributed by atoms with Crippen molar-refractivity contribution in [2.45, 2.75) is 40.0 Å². The molecule has 0 radical (unpaired) electrons. The van der Waals surface area contributed by atoms with Gasteiger partial charge in [-0.05, 0) is 31.4 Å². The Hall–Kier alpha value is -0.830. The van der Waals surface area contributed by atoms with Crippen LogP contribution in [0.15, 0.2) is 0 Å². The van der Waals surface area contributed by atoms with Crippen molar-refractivity contribution >= 4 is 17.4 Å². The number of halogens is 1. The van der Waals surface area contributed by atoms with Gasteiger partial charge in [-0.25, -0.2) is 0 Å². The summed E-state index contributed by atoms with van der Waals surface area (Å²) in [6.07, 6.45) is 3.64. The van der Waals surface area contributed by atoms with Gasteiger partial charge >= 0.3 is 0 Å². The van der Waals surface area contributed by atoms with Crippen molar-refractivity contribution in [2.75, 3.05) is 11.9 Å². The van der Waals surface area contributed by atoms with Crippen LogP contribution in [-0.2, 0) is 0 Å². The number of anilines is 1. The highest BCUT2D eigenvalue weighted by molar-refractivity contribution is 6.30. The van der Waals surface area contributed by atoms with Crippen LogP contribution in [0.4, 0.5) is 5.82 Å². The number of nitrogens with zero attached hydrogens (tertiary/aromatic N) is 2. The molecule has 0 saturated heterocycles. The van der Waals surface area contributed by atoms with Crippen molar-refractivity contribution in [1.29, 1.82) is 0 Å². The molecule has 0 saturated carbocycles. The van der Waals surface area contributed by atoms with Crippen molar-refractivity contribution in [1.82, 2.24) is 10.2 Å². The van der Waals surface area contributed by atoms with Crippen molar-refractivity contribution in [3.05, 3.63) is 16.3 Å². The van der Waals surface area contributed by atoms with Gasteiger partial charge in [0.05, 0.1) is 0 Å². The molecule has 0 fully saturated rings. The SMILES string of the molecule is CCCCCNc1nnc(Cl)c(C)c1C. The smallest absolute Gasteiger partial charge is 0.155 e. The highest BCUT2D eigenvalue weighted by Crippen LogP contribution is 2.20. The molecule has 0 unspecified atom stereocenters. The average molecular weight is 228 g/mol. The zero-order valence-electron chi connectivity index (χ0n) is 9.60. The second kappa shape index (κ2) is 5.91. The van der Waals surface area contributed by atoms with E-state index in [0.29, 0.717) is 5.15 Å². The predicted octanol–water partition coefficient (Wildman–Crippen LogP) is 3.35. The molecule has 0 amide bonds. The Morgan fingerprint density at radius 2 is 1.87 bits per heavy atom. The second-order valence-electron chi connectivity index (χ2n) is 3.72. The highest BCUT2D eigenvalue weighted by Gasteiger charge is 2.06. The third-order valence-corrected chi connectivity index (χ3v) is 2.90. The molecule has 3 nitrogen and oxygen atoms in total. The van der Waals surface area contributed by atoms with E-state index in [9.17, 15) is 0 Å². The Morgan fingerprint density at radius 1 is 1.13 bits per heavy atom. The Bertz CT molecular complexity index is 326. The van der Waals surface area contributed by atoms with Crippen LogP contribution in [0.1, 0.15) is 37.3 Å². The summed E-state index contributed by atoms with van der Waals surface area (Å²) in [7, 11) is 0. The second-order valence-corrected chi connectivity index (χ2v) is 4.08. The van der Waals surface area contributed by atoms with Gasteiger partial charge in [0.1, 0.15) is 0 Å². The third-order valence-electron chi connectivity index (χ3n) is 2.54. The molecule has 1 aromatic rings. The van der Waals surface area contributed by atoms with E-state index in [4.69, 9.17) is 11.6 Å². The fraction of sp³-hybridized carbons (Fsp3) is 0.636. The largest absolute Gasteiger partial charge is 0.368 e. The van der Waals surface area contributed by atoms with Crippen LogP contribution in [0.25, 0.3) is 0 Å². The lowest BCUT2D eigenvalue weighted by molar-refractivity contribution is 0.740. The summed E-state index contributed by atoms with van der Waals surface area (Å²) >= 11 is 5.87. The monoisotopic (exact) mass is 227 g/mol. The molecule has 1 rings (SSSR count). The molecule has 1 aromatic heterocycles. The minimum Gasteiger partial charge on any atom is -0.368 e. The van der Waals surface area contributed by atoms with Crippen molar-refractivity contribution < 1.29 is 0 Å². The van der Waals surface area contributed by atoms with E-state index in [-0.39, 0.29) is 0 Å². The van der Waals surface area contributed by atoms with Crippen molar-refractivity contribution in [2.24, 2.45) is 0 Å². The fourth-order valence-corrected chi connectivity index (χ4v) is 1.51. The minimum absolute atomic E-state index is 0.492. The minimum atomic E-state index is 0.492.